The van der Waals surface area contributed by atoms with Gasteiger partial charge in [0.15, 0.2) is 11.5 Å². The summed E-state index contributed by atoms with van der Waals surface area (Å²) in [5, 5.41) is 1.33. The highest BCUT2D eigenvalue weighted by molar-refractivity contribution is 6.02. The lowest BCUT2D eigenvalue weighted by Crippen LogP contribution is -2.65. The van der Waals surface area contributed by atoms with Crippen molar-refractivity contribution in [1.29, 1.82) is 0 Å². The van der Waals surface area contributed by atoms with Crippen molar-refractivity contribution >= 4 is 41.3 Å². The second-order valence-electron chi connectivity index (χ2n) is 14.3. The number of rotatable bonds is 2. The summed E-state index contributed by atoms with van der Waals surface area (Å²) in [6.45, 7) is 15.5. The molecule has 2 aliphatic heterocycles. The Balaban J connectivity index is 1.80. The lowest BCUT2D eigenvalue weighted by atomic mass is 9.76. The van der Waals surface area contributed by atoms with Gasteiger partial charge in [-0.3, -0.25) is 24.1 Å². The first-order valence-corrected chi connectivity index (χ1v) is 14.1. The number of anilines is 3. The van der Waals surface area contributed by atoms with Crippen LogP contribution in [0, 0.1) is 16.7 Å². The fourth-order valence-corrected chi connectivity index (χ4v) is 5.72. The molecule has 1 aliphatic carbocycles. The van der Waals surface area contributed by atoms with Crippen LogP contribution in [0.4, 0.5) is 22.2 Å². The van der Waals surface area contributed by atoms with Crippen molar-refractivity contribution in [2.45, 2.75) is 106 Å². The van der Waals surface area contributed by atoms with E-state index in [2.05, 4.69) is 10.4 Å². The van der Waals surface area contributed by atoms with E-state index in [-0.39, 0.29) is 41.9 Å². The molecule has 3 atom stereocenters. The van der Waals surface area contributed by atoms with E-state index in [4.69, 9.17) is 10.5 Å². The molecule has 2 fully saturated rings. The zero-order chi connectivity index (χ0) is 30.8. The molecule has 13 heteroatoms. The predicted molar refractivity (Wildman–Crippen MR) is 153 cm³/mol. The maximum Gasteiger partial charge on any atom is 0.426 e. The lowest BCUT2D eigenvalue weighted by molar-refractivity contribution is -0.145. The smallest absolute Gasteiger partial charge is 0.426 e. The number of hydrogen-bond donors (Lipinski definition) is 2. The number of fused-ring (bicyclic) bond motifs is 3. The van der Waals surface area contributed by atoms with Crippen molar-refractivity contribution in [2.24, 2.45) is 16.7 Å². The van der Waals surface area contributed by atoms with Crippen molar-refractivity contribution in [3.63, 3.8) is 0 Å². The van der Waals surface area contributed by atoms with E-state index < -0.39 is 46.1 Å². The second-order valence-corrected chi connectivity index (χ2v) is 14.3. The van der Waals surface area contributed by atoms with Crippen LogP contribution in [0.5, 0.6) is 0 Å². The number of carbonyl (C=O) groups excluding carboxylic acids is 4. The van der Waals surface area contributed by atoms with Crippen LogP contribution in [0.2, 0.25) is 0 Å². The molecule has 0 radical (unpaired) electrons. The zero-order valence-electron chi connectivity index (χ0n) is 25.5. The van der Waals surface area contributed by atoms with Gasteiger partial charge in [-0.25, -0.2) is 19.8 Å². The number of carbonyl (C=O) groups is 4. The van der Waals surface area contributed by atoms with Gasteiger partial charge in [-0.05, 0) is 46.0 Å². The van der Waals surface area contributed by atoms with Gasteiger partial charge < -0.3 is 15.4 Å². The summed E-state index contributed by atoms with van der Waals surface area (Å²) in [6.07, 6.45) is 1.54. The minimum Gasteiger partial charge on any atom is -0.443 e. The number of hydrogen-bond acceptors (Lipinski definition) is 9. The summed E-state index contributed by atoms with van der Waals surface area (Å²) in [5.41, 5.74) is 5.59. The van der Waals surface area contributed by atoms with Crippen LogP contribution >= 0.6 is 0 Å². The molecule has 0 spiro atoms. The van der Waals surface area contributed by atoms with Crippen molar-refractivity contribution in [2.75, 3.05) is 22.2 Å². The standard InChI is InChI=1S/C28H43N7O6/c1-26(2,3)22(38)33-14-32(20-19(33)21(37)34(24(29)30-20)23(39)27(4,5)6)16-11-10-15-12-17(16)35(18(36)13-15)31-25(40)41-28(7,8)9/h15-17H,10-14H2,1-9H3,(H2,29,30)(H,31,40)/t15-,16-,17-/m1/s1. The molecule has 3 heterocycles. The molecule has 3 amide bonds. The lowest BCUT2D eigenvalue weighted by Gasteiger charge is -2.49. The fraction of sp³-hybridized carbons (Fsp3) is 0.714. The summed E-state index contributed by atoms with van der Waals surface area (Å²) >= 11 is 0. The molecule has 2 bridgehead atoms. The number of ether oxygens (including phenoxy) is 1. The van der Waals surface area contributed by atoms with Crippen molar-refractivity contribution < 1.29 is 23.9 Å². The Morgan fingerprint density at radius 1 is 0.927 bits per heavy atom. The number of nitrogens with two attached hydrogens (primary N) is 1. The maximum atomic E-state index is 13.9. The van der Waals surface area contributed by atoms with Gasteiger partial charge in [-0.15, -0.1) is 0 Å². The zero-order valence-corrected chi connectivity index (χ0v) is 25.5. The van der Waals surface area contributed by atoms with E-state index in [1.807, 2.05) is 4.90 Å². The van der Waals surface area contributed by atoms with E-state index >= 15 is 0 Å². The summed E-state index contributed by atoms with van der Waals surface area (Å²) < 4.78 is 6.24. The second kappa shape index (κ2) is 10.0. The minimum atomic E-state index is -0.931. The molecule has 4 rings (SSSR count). The number of nitrogen functional groups attached to an aromatic ring is 1. The topological polar surface area (TPSA) is 160 Å². The van der Waals surface area contributed by atoms with Crippen LogP contribution in [-0.4, -0.2) is 62.7 Å². The van der Waals surface area contributed by atoms with E-state index in [1.54, 1.807) is 62.3 Å². The Labute approximate surface area is 240 Å². The third kappa shape index (κ3) is 5.76. The van der Waals surface area contributed by atoms with E-state index in [9.17, 15) is 24.0 Å². The van der Waals surface area contributed by atoms with Gasteiger partial charge in [0.05, 0.1) is 12.1 Å². The molecule has 3 aliphatic rings. The first-order valence-electron chi connectivity index (χ1n) is 14.1. The normalized spacial score (nSPS) is 22.9. The molecule has 41 heavy (non-hydrogen) atoms. The highest BCUT2D eigenvalue weighted by atomic mass is 16.6. The van der Waals surface area contributed by atoms with Crippen molar-refractivity contribution in [3.05, 3.63) is 10.4 Å². The summed E-state index contributed by atoms with van der Waals surface area (Å²) in [7, 11) is 0. The number of nitrogens with zero attached hydrogens (tertiary/aromatic N) is 5. The highest BCUT2D eigenvalue weighted by Crippen LogP contribution is 2.43. The molecule has 226 valence electrons. The number of piperidine rings is 1. The van der Waals surface area contributed by atoms with Crippen molar-refractivity contribution in [3.8, 4) is 0 Å². The summed E-state index contributed by atoms with van der Waals surface area (Å²) in [5.74, 6) is -1.05. The summed E-state index contributed by atoms with van der Waals surface area (Å²) in [4.78, 5) is 74.3. The molecule has 3 N–H and O–H groups in total. The molecule has 0 unspecified atom stereocenters. The van der Waals surface area contributed by atoms with Gasteiger partial charge in [0, 0.05) is 17.3 Å². The van der Waals surface area contributed by atoms with Crippen LogP contribution in [0.25, 0.3) is 0 Å². The Hall–Kier alpha value is -3.64. The number of amides is 3. The van der Waals surface area contributed by atoms with Gasteiger partial charge in [0.2, 0.25) is 23.7 Å². The Bertz CT molecular complexity index is 1330. The molecule has 0 aromatic carbocycles. The molecule has 1 saturated heterocycles. The van der Waals surface area contributed by atoms with E-state index in [0.717, 1.165) is 11.0 Å². The van der Waals surface area contributed by atoms with Gasteiger partial charge in [0.1, 0.15) is 12.3 Å². The minimum absolute atomic E-state index is 0.0128. The average molecular weight is 574 g/mol. The number of nitrogens with one attached hydrogen (secondary N) is 1. The molecular formula is C28H43N7O6. The molecule has 1 aromatic rings. The van der Waals surface area contributed by atoms with Gasteiger partial charge in [-0.2, -0.15) is 4.98 Å². The monoisotopic (exact) mass is 573 g/mol. The van der Waals surface area contributed by atoms with Gasteiger partial charge in [0.25, 0.3) is 5.56 Å². The first kappa shape index (κ1) is 30.3. The van der Waals surface area contributed by atoms with Gasteiger partial charge in [-0.1, -0.05) is 41.5 Å². The maximum absolute atomic E-state index is 13.9. The molecule has 1 saturated carbocycles. The van der Waals surface area contributed by atoms with Crippen molar-refractivity contribution in [1.82, 2.24) is 20.0 Å². The highest BCUT2D eigenvalue weighted by Gasteiger charge is 2.50. The van der Waals surface area contributed by atoms with Crippen LogP contribution in [0.3, 0.4) is 0 Å². The third-order valence-electron chi connectivity index (χ3n) is 7.60. The fourth-order valence-electron chi connectivity index (χ4n) is 5.72. The molecule has 1 aromatic heterocycles. The molecular weight excluding hydrogens is 530 g/mol. The SMILES string of the molecule is CC(C)(C)OC(=O)NN1C(=O)C[C@@H]2CC[C@@H](N3CN(C(=O)C(C)(C)C)c4c3nc(N)n(C(=O)C(C)(C)C)c4=O)[C@H]1C2. The largest absolute Gasteiger partial charge is 0.443 e. The first-order chi connectivity index (χ1) is 18.7. The quantitative estimate of drug-likeness (QED) is 0.542. The third-order valence-corrected chi connectivity index (χ3v) is 7.60. The molecule has 13 nitrogen and oxygen atoms in total. The number of hydrazine groups is 1. The van der Waals surface area contributed by atoms with Crippen LogP contribution in [0.15, 0.2) is 4.79 Å². The van der Waals surface area contributed by atoms with Gasteiger partial charge >= 0.3 is 6.09 Å². The van der Waals surface area contributed by atoms with Crippen LogP contribution in [-0.2, 0) is 14.3 Å². The van der Waals surface area contributed by atoms with E-state index in [1.165, 1.54) is 9.91 Å². The summed E-state index contributed by atoms with van der Waals surface area (Å²) in [6, 6.07) is -0.871. The Morgan fingerprint density at radius 2 is 1.54 bits per heavy atom. The average Bonchev–Trinajstić information content (AvgIpc) is 3.18. The Kier molecular flexibility index (Phi) is 7.41. The Morgan fingerprint density at radius 3 is 2.10 bits per heavy atom. The number of aromatic nitrogens is 2. The van der Waals surface area contributed by atoms with E-state index in [0.29, 0.717) is 19.3 Å². The van der Waals surface area contributed by atoms with Crippen LogP contribution in [0.1, 0.15) is 92.8 Å². The predicted octanol–water partition coefficient (Wildman–Crippen LogP) is 2.88. The van der Waals surface area contributed by atoms with Crippen LogP contribution < -0.4 is 26.5 Å².